The van der Waals surface area contributed by atoms with Gasteiger partial charge >= 0.3 is 0 Å². The van der Waals surface area contributed by atoms with Crippen molar-refractivity contribution < 1.29 is 0 Å². The van der Waals surface area contributed by atoms with Gasteiger partial charge in [0.2, 0.25) is 0 Å². The lowest BCUT2D eigenvalue weighted by atomic mass is 9.91. The summed E-state index contributed by atoms with van der Waals surface area (Å²) in [6.45, 7) is 0. The molecule has 1 aliphatic carbocycles. The molecule has 2 heterocycles. The molecule has 3 rings (SSSR count). The minimum absolute atomic E-state index is 0.147. The van der Waals surface area contributed by atoms with Crippen molar-refractivity contribution in [3.63, 3.8) is 0 Å². The van der Waals surface area contributed by atoms with Gasteiger partial charge in [0.15, 0.2) is 11.3 Å². The van der Waals surface area contributed by atoms with Crippen molar-refractivity contribution in [3.8, 4) is 6.07 Å². The highest BCUT2D eigenvalue weighted by Gasteiger charge is 2.20. The zero-order valence-corrected chi connectivity index (χ0v) is 13.6. The van der Waals surface area contributed by atoms with Crippen LogP contribution in [-0.4, -0.2) is 19.7 Å². The summed E-state index contributed by atoms with van der Waals surface area (Å²) in [5.41, 5.74) is 0.415. The molecular formula is C17H23N5O. The van der Waals surface area contributed by atoms with E-state index in [0.29, 0.717) is 17.0 Å². The molecule has 0 unspecified atom stereocenters. The van der Waals surface area contributed by atoms with Crippen LogP contribution in [0.4, 0.5) is 0 Å². The first-order chi connectivity index (χ1) is 11.2. The predicted molar refractivity (Wildman–Crippen MR) is 88.1 cm³/mol. The number of nitrogens with zero attached hydrogens (tertiary/aromatic N) is 4. The third kappa shape index (κ3) is 3.29. The Morgan fingerprint density at radius 2 is 1.74 bits per heavy atom. The van der Waals surface area contributed by atoms with E-state index >= 15 is 0 Å². The summed E-state index contributed by atoms with van der Waals surface area (Å²) >= 11 is 0. The van der Waals surface area contributed by atoms with Crippen LogP contribution in [0.3, 0.4) is 0 Å². The maximum absolute atomic E-state index is 12.4. The topological polar surface area (TPSA) is 87.4 Å². The third-order valence-electron chi connectivity index (χ3n) is 4.81. The Hall–Kier alpha value is -2.16. The standard InChI is InChI=1S/C17H23N5O/c1-22-16-14(13(11-18)21-22)17(23)20-15(19-16)12-9-7-5-3-2-4-6-8-10-12/h12H,2-10H2,1H3,(H,19,20,23). The van der Waals surface area contributed by atoms with Gasteiger partial charge < -0.3 is 4.98 Å². The molecule has 0 amide bonds. The van der Waals surface area contributed by atoms with Gasteiger partial charge in [0.25, 0.3) is 5.56 Å². The Balaban J connectivity index is 1.96. The molecule has 1 N–H and O–H groups in total. The molecule has 1 saturated carbocycles. The highest BCUT2D eigenvalue weighted by atomic mass is 16.1. The summed E-state index contributed by atoms with van der Waals surface area (Å²) in [6.07, 6.45) is 11.0. The number of aryl methyl sites for hydroxylation is 1. The number of rotatable bonds is 1. The normalized spacial score (nSPS) is 17.9. The molecular weight excluding hydrogens is 290 g/mol. The van der Waals surface area contributed by atoms with Gasteiger partial charge in [-0.05, 0) is 12.8 Å². The summed E-state index contributed by atoms with van der Waals surface area (Å²) in [7, 11) is 1.73. The van der Waals surface area contributed by atoms with Crippen LogP contribution in [0.5, 0.6) is 0 Å². The van der Waals surface area contributed by atoms with Crippen LogP contribution in [-0.2, 0) is 7.05 Å². The number of hydrogen-bond donors (Lipinski definition) is 1. The van der Waals surface area contributed by atoms with Crippen LogP contribution < -0.4 is 5.56 Å². The Kier molecular flexibility index (Phi) is 4.75. The van der Waals surface area contributed by atoms with Gasteiger partial charge in [0, 0.05) is 13.0 Å². The van der Waals surface area contributed by atoms with E-state index in [4.69, 9.17) is 5.26 Å². The van der Waals surface area contributed by atoms with Crippen molar-refractivity contribution >= 4 is 11.0 Å². The zero-order chi connectivity index (χ0) is 16.2. The van der Waals surface area contributed by atoms with Crippen molar-refractivity contribution in [2.24, 2.45) is 7.05 Å². The van der Waals surface area contributed by atoms with Crippen LogP contribution >= 0.6 is 0 Å². The first-order valence-corrected chi connectivity index (χ1v) is 8.57. The fraction of sp³-hybridized carbons (Fsp3) is 0.647. The molecule has 0 spiro atoms. The molecule has 0 saturated heterocycles. The fourth-order valence-electron chi connectivity index (χ4n) is 3.53. The van der Waals surface area contributed by atoms with E-state index in [2.05, 4.69) is 15.1 Å². The van der Waals surface area contributed by atoms with E-state index in [1.807, 2.05) is 6.07 Å². The van der Waals surface area contributed by atoms with E-state index in [9.17, 15) is 4.79 Å². The molecule has 2 aromatic heterocycles. The summed E-state index contributed by atoms with van der Waals surface area (Å²) in [4.78, 5) is 20.0. The van der Waals surface area contributed by atoms with Crippen LogP contribution in [0.2, 0.25) is 0 Å². The van der Waals surface area contributed by atoms with Gasteiger partial charge in [-0.2, -0.15) is 10.4 Å². The van der Waals surface area contributed by atoms with Gasteiger partial charge in [-0.25, -0.2) is 9.67 Å². The molecule has 0 aliphatic heterocycles. The summed E-state index contributed by atoms with van der Waals surface area (Å²) < 4.78 is 1.53. The maximum atomic E-state index is 12.4. The van der Waals surface area contributed by atoms with E-state index in [1.54, 1.807) is 7.05 Å². The van der Waals surface area contributed by atoms with Gasteiger partial charge in [-0.1, -0.05) is 44.9 Å². The van der Waals surface area contributed by atoms with Crippen LogP contribution in [0.25, 0.3) is 11.0 Å². The van der Waals surface area contributed by atoms with Gasteiger partial charge in [0.1, 0.15) is 17.3 Å². The number of hydrogen-bond acceptors (Lipinski definition) is 4. The number of H-pyrrole nitrogens is 1. The van der Waals surface area contributed by atoms with E-state index < -0.39 is 0 Å². The van der Waals surface area contributed by atoms with E-state index in [-0.39, 0.29) is 11.3 Å². The molecule has 0 radical (unpaired) electrons. The monoisotopic (exact) mass is 313 g/mol. The first kappa shape index (κ1) is 15.7. The van der Waals surface area contributed by atoms with Crippen molar-refractivity contribution in [2.45, 2.75) is 63.7 Å². The van der Waals surface area contributed by atoms with Crippen molar-refractivity contribution in [2.75, 3.05) is 0 Å². The van der Waals surface area contributed by atoms with Crippen molar-refractivity contribution in [1.82, 2.24) is 19.7 Å². The van der Waals surface area contributed by atoms with Crippen LogP contribution in [0, 0.1) is 11.3 Å². The minimum atomic E-state index is -0.244. The summed E-state index contributed by atoms with van der Waals surface area (Å²) in [6, 6.07) is 1.97. The molecule has 1 aliphatic rings. The SMILES string of the molecule is Cn1nc(C#N)c2c(=O)[nH]c(C3CCCCCCCCC3)nc21. The Morgan fingerprint density at radius 1 is 1.13 bits per heavy atom. The summed E-state index contributed by atoms with van der Waals surface area (Å²) in [5.74, 6) is 1.06. The average molecular weight is 313 g/mol. The van der Waals surface area contributed by atoms with Crippen LogP contribution in [0.1, 0.15) is 75.2 Å². The average Bonchev–Trinajstić information content (AvgIpc) is 2.89. The molecule has 23 heavy (non-hydrogen) atoms. The molecule has 0 atom stereocenters. The van der Waals surface area contributed by atoms with E-state index in [0.717, 1.165) is 18.7 Å². The Morgan fingerprint density at radius 3 is 2.35 bits per heavy atom. The number of aromatic amines is 1. The Bertz CT molecular complexity index is 773. The molecule has 122 valence electrons. The van der Waals surface area contributed by atoms with Crippen LogP contribution in [0.15, 0.2) is 4.79 Å². The molecule has 1 fully saturated rings. The lowest BCUT2D eigenvalue weighted by molar-refractivity contribution is 0.450. The molecule has 6 heteroatoms. The number of aromatic nitrogens is 4. The quantitative estimate of drug-likeness (QED) is 0.876. The molecule has 0 aromatic carbocycles. The van der Waals surface area contributed by atoms with Crippen molar-refractivity contribution in [1.29, 1.82) is 5.26 Å². The van der Waals surface area contributed by atoms with Gasteiger partial charge in [-0.3, -0.25) is 4.79 Å². The number of fused-ring (bicyclic) bond motifs is 1. The van der Waals surface area contributed by atoms with Crippen molar-refractivity contribution in [3.05, 3.63) is 21.9 Å². The second-order valence-electron chi connectivity index (χ2n) is 6.48. The second kappa shape index (κ2) is 6.95. The zero-order valence-electron chi connectivity index (χ0n) is 13.6. The first-order valence-electron chi connectivity index (χ1n) is 8.57. The second-order valence-corrected chi connectivity index (χ2v) is 6.48. The highest BCUT2D eigenvalue weighted by Crippen LogP contribution is 2.28. The smallest absolute Gasteiger partial charge is 0.263 e. The lowest BCUT2D eigenvalue weighted by Crippen LogP contribution is -2.16. The fourth-order valence-corrected chi connectivity index (χ4v) is 3.53. The minimum Gasteiger partial charge on any atom is -0.310 e. The number of nitriles is 1. The maximum Gasteiger partial charge on any atom is 0.263 e. The van der Waals surface area contributed by atoms with E-state index in [1.165, 1.54) is 49.6 Å². The van der Waals surface area contributed by atoms with Gasteiger partial charge in [-0.15, -0.1) is 0 Å². The lowest BCUT2D eigenvalue weighted by Gasteiger charge is -2.17. The summed E-state index contributed by atoms with van der Waals surface area (Å²) in [5, 5.41) is 13.5. The molecule has 0 bridgehead atoms. The molecule has 6 nitrogen and oxygen atoms in total. The number of nitrogens with one attached hydrogen (secondary N) is 1. The largest absolute Gasteiger partial charge is 0.310 e. The molecule has 2 aromatic rings. The predicted octanol–water partition coefficient (Wildman–Crippen LogP) is 3.14. The third-order valence-corrected chi connectivity index (χ3v) is 4.81. The Labute approximate surface area is 135 Å². The van der Waals surface area contributed by atoms with Gasteiger partial charge in [0.05, 0.1) is 0 Å². The highest BCUT2D eigenvalue weighted by molar-refractivity contribution is 5.79.